The second-order valence-electron chi connectivity index (χ2n) is 7.82. The largest absolute Gasteiger partial charge is 0.495 e. The number of carboxylic acids is 1. The van der Waals surface area contributed by atoms with Gasteiger partial charge in [0.05, 0.1) is 18.4 Å². The van der Waals surface area contributed by atoms with Gasteiger partial charge in [0, 0.05) is 28.1 Å². The van der Waals surface area contributed by atoms with Crippen molar-refractivity contribution in [1.82, 2.24) is 5.32 Å². The molecule has 2 N–H and O–H groups in total. The Labute approximate surface area is 216 Å². The molecule has 9 nitrogen and oxygen atoms in total. The van der Waals surface area contributed by atoms with E-state index in [0.717, 1.165) is 18.2 Å². The number of carbonyl (C=O) groups excluding carboxylic acids is 2. The van der Waals surface area contributed by atoms with Gasteiger partial charge in [-0.2, -0.15) is 4.31 Å². The topological polar surface area (TPSA) is 130 Å². The van der Waals surface area contributed by atoms with Crippen LogP contribution in [0.25, 0.3) is 0 Å². The maximum atomic E-state index is 14.2. The van der Waals surface area contributed by atoms with Gasteiger partial charge in [-0.1, -0.05) is 41.4 Å². The van der Waals surface area contributed by atoms with Crippen LogP contribution >= 0.6 is 23.2 Å². The van der Waals surface area contributed by atoms with Gasteiger partial charge >= 0.3 is 5.97 Å². The van der Waals surface area contributed by atoms with Gasteiger partial charge in [0.1, 0.15) is 10.6 Å². The van der Waals surface area contributed by atoms with E-state index in [1.165, 1.54) is 44.4 Å². The Kier molecular flexibility index (Phi) is 6.46. The molecule has 1 atom stereocenters. The summed E-state index contributed by atoms with van der Waals surface area (Å²) < 4.78 is 33.6. The number of halogens is 2. The third-order valence-corrected chi connectivity index (χ3v) is 7.96. The van der Waals surface area contributed by atoms with Crippen LogP contribution in [-0.4, -0.2) is 38.4 Å². The molecule has 186 valence electrons. The zero-order valence-electron chi connectivity index (χ0n) is 18.8. The fourth-order valence-corrected chi connectivity index (χ4v) is 6.25. The average molecular weight is 549 g/mol. The molecule has 1 unspecified atom stereocenters. The minimum Gasteiger partial charge on any atom is -0.495 e. The second-order valence-corrected chi connectivity index (χ2v) is 10.4. The predicted octanol–water partition coefficient (Wildman–Crippen LogP) is 3.82. The maximum Gasteiger partial charge on any atom is 0.335 e. The van der Waals surface area contributed by atoms with E-state index in [2.05, 4.69) is 5.32 Å². The summed E-state index contributed by atoms with van der Waals surface area (Å²) in [5, 5.41) is 12.2. The smallest absolute Gasteiger partial charge is 0.335 e. The summed E-state index contributed by atoms with van der Waals surface area (Å²) in [6, 6.07) is 13.5. The minimum atomic E-state index is -4.70. The van der Waals surface area contributed by atoms with Crippen molar-refractivity contribution in [3.63, 3.8) is 0 Å². The number of amides is 2. The molecule has 0 aliphatic carbocycles. The maximum absolute atomic E-state index is 14.2. The zero-order valence-corrected chi connectivity index (χ0v) is 21.1. The zero-order chi connectivity index (χ0) is 26.4. The van der Waals surface area contributed by atoms with Crippen LogP contribution < -0.4 is 14.4 Å². The highest BCUT2D eigenvalue weighted by molar-refractivity contribution is 7.93. The van der Waals surface area contributed by atoms with Crippen molar-refractivity contribution in [2.45, 2.75) is 17.4 Å². The average Bonchev–Trinajstić information content (AvgIpc) is 3.06. The number of aromatic carboxylic acids is 1. The summed E-state index contributed by atoms with van der Waals surface area (Å²) >= 11 is 12.7. The standard InChI is InChI=1S/C24H18Cl2N2O7S/c1-13(29)27-24(16-5-3-4-6-18(16)26)17-12-15(25)8-9-19(17)28(23(24)32)36(33,34)21-10-7-14(22(30)31)11-20(21)35-2/h3-12H,1-2H3,(H,27,29)(H,30,31). The number of rotatable bonds is 6. The molecule has 12 heteroatoms. The Bertz CT molecular complexity index is 1540. The molecule has 0 saturated heterocycles. The molecule has 4 rings (SSSR count). The van der Waals surface area contributed by atoms with Crippen LogP contribution in [-0.2, 0) is 25.2 Å². The predicted molar refractivity (Wildman–Crippen MR) is 132 cm³/mol. The Morgan fingerprint density at radius 3 is 2.33 bits per heavy atom. The number of nitrogens with zero attached hydrogens (tertiary/aromatic N) is 1. The number of nitrogens with one attached hydrogen (secondary N) is 1. The Balaban J connectivity index is 2.04. The summed E-state index contributed by atoms with van der Waals surface area (Å²) in [6.45, 7) is 1.18. The van der Waals surface area contributed by atoms with Gasteiger partial charge in [-0.05, 0) is 42.5 Å². The van der Waals surface area contributed by atoms with E-state index in [4.69, 9.17) is 27.9 Å². The van der Waals surface area contributed by atoms with Gasteiger partial charge in [0.15, 0.2) is 5.54 Å². The lowest BCUT2D eigenvalue weighted by molar-refractivity contribution is -0.128. The number of hydrogen-bond acceptors (Lipinski definition) is 6. The fraction of sp³-hybridized carbons (Fsp3) is 0.125. The van der Waals surface area contributed by atoms with Crippen LogP contribution in [0.3, 0.4) is 0 Å². The number of carbonyl (C=O) groups is 3. The highest BCUT2D eigenvalue weighted by Crippen LogP contribution is 2.49. The van der Waals surface area contributed by atoms with E-state index in [0.29, 0.717) is 4.31 Å². The number of methoxy groups -OCH3 is 1. The quantitative estimate of drug-likeness (QED) is 0.478. The van der Waals surface area contributed by atoms with Crippen LogP contribution in [0.15, 0.2) is 65.6 Å². The summed E-state index contributed by atoms with van der Waals surface area (Å²) in [5.41, 5.74) is -2.07. The molecule has 0 saturated carbocycles. The van der Waals surface area contributed by atoms with Crippen molar-refractivity contribution in [3.05, 3.63) is 87.4 Å². The van der Waals surface area contributed by atoms with Crippen LogP contribution in [0, 0.1) is 0 Å². The number of anilines is 1. The summed E-state index contributed by atoms with van der Waals surface area (Å²) in [6.07, 6.45) is 0. The Morgan fingerprint density at radius 1 is 1.03 bits per heavy atom. The number of fused-ring (bicyclic) bond motifs is 1. The highest BCUT2D eigenvalue weighted by atomic mass is 35.5. The van der Waals surface area contributed by atoms with Crippen LogP contribution in [0.4, 0.5) is 5.69 Å². The number of benzene rings is 3. The lowest BCUT2D eigenvalue weighted by Crippen LogP contribution is -2.54. The molecule has 1 heterocycles. The SMILES string of the molecule is COc1cc(C(=O)O)ccc1S(=O)(=O)N1C(=O)C(NC(C)=O)(c2ccccc2Cl)c2cc(Cl)ccc21. The van der Waals surface area contributed by atoms with Gasteiger partial charge in [0.25, 0.3) is 15.9 Å². The third-order valence-electron chi connectivity index (χ3n) is 5.66. The van der Waals surface area contributed by atoms with Gasteiger partial charge in [-0.15, -0.1) is 0 Å². The molecule has 0 radical (unpaired) electrons. The first-order valence-corrected chi connectivity index (χ1v) is 12.5. The third kappa shape index (κ3) is 3.87. The van der Waals surface area contributed by atoms with Gasteiger partial charge in [-0.25, -0.2) is 13.2 Å². The number of sulfonamides is 1. The Hall–Kier alpha value is -3.60. The van der Waals surface area contributed by atoms with Crippen molar-refractivity contribution in [1.29, 1.82) is 0 Å². The fourth-order valence-electron chi connectivity index (χ4n) is 4.19. The lowest BCUT2D eigenvalue weighted by Gasteiger charge is -2.30. The monoisotopic (exact) mass is 548 g/mol. The summed E-state index contributed by atoms with van der Waals surface area (Å²) in [7, 11) is -3.53. The molecular weight excluding hydrogens is 531 g/mol. The minimum absolute atomic E-state index is 0.0672. The van der Waals surface area contributed by atoms with E-state index >= 15 is 0 Å². The number of carboxylic acid groups (broad SMARTS) is 1. The van der Waals surface area contributed by atoms with Gasteiger partial charge in [0.2, 0.25) is 5.91 Å². The molecule has 0 spiro atoms. The van der Waals surface area contributed by atoms with Gasteiger partial charge < -0.3 is 15.2 Å². The molecule has 0 bridgehead atoms. The van der Waals surface area contributed by atoms with Crippen LogP contribution in [0.2, 0.25) is 10.0 Å². The molecule has 3 aromatic carbocycles. The van der Waals surface area contributed by atoms with Crippen LogP contribution in [0.5, 0.6) is 5.75 Å². The van der Waals surface area contributed by atoms with Crippen molar-refractivity contribution >= 4 is 56.7 Å². The number of ether oxygens (including phenoxy) is 1. The highest BCUT2D eigenvalue weighted by Gasteiger charge is 2.58. The molecule has 2 amide bonds. The second kappa shape index (κ2) is 9.12. The van der Waals surface area contributed by atoms with Crippen molar-refractivity contribution in [2.75, 3.05) is 11.4 Å². The Morgan fingerprint density at radius 2 is 1.72 bits per heavy atom. The molecule has 1 aliphatic rings. The summed E-state index contributed by atoms with van der Waals surface area (Å²) in [5.74, 6) is -3.24. The van der Waals surface area contributed by atoms with Crippen molar-refractivity contribution in [3.8, 4) is 5.75 Å². The van der Waals surface area contributed by atoms with E-state index in [1.54, 1.807) is 12.1 Å². The van der Waals surface area contributed by atoms with E-state index < -0.39 is 38.2 Å². The van der Waals surface area contributed by atoms with Crippen molar-refractivity contribution < 1.29 is 32.6 Å². The van der Waals surface area contributed by atoms with E-state index in [-0.39, 0.29) is 38.2 Å². The van der Waals surface area contributed by atoms with Crippen molar-refractivity contribution in [2.24, 2.45) is 0 Å². The molecule has 36 heavy (non-hydrogen) atoms. The molecule has 0 aromatic heterocycles. The number of hydrogen-bond donors (Lipinski definition) is 2. The van der Waals surface area contributed by atoms with Gasteiger partial charge in [-0.3, -0.25) is 9.59 Å². The summed E-state index contributed by atoms with van der Waals surface area (Å²) in [4.78, 5) is 37.5. The first-order chi connectivity index (χ1) is 16.9. The normalized spacial score (nSPS) is 17.0. The first-order valence-electron chi connectivity index (χ1n) is 10.3. The first kappa shape index (κ1) is 25.5. The molecule has 3 aromatic rings. The molecular formula is C24H18Cl2N2O7S. The lowest BCUT2D eigenvalue weighted by atomic mass is 9.83. The van der Waals surface area contributed by atoms with E-state index in [1.807, 2.05) is 0 Å². The van der Waals surface area contributed by atoms with E-state index in [9.17, 15) is 27.9 Å². The molecule has 0 fully saturated rings. The van der Waals surface area contributed by atoms with Crippen LogP contribution in [0.1, 0.15) is 28.4 Å². The molecule has 1 aliphatic heterocycles.